The fourth-order valence-electron chi connectivity index (χ4n) is 1.50. The molecule has 2 aromatic carbocycles. The predicted octanol–water partition coefficient (Wildman–Crippen LogP) is 3.58. The lowest BCUT2D eigenvalue weighted by atomic mass is 10.1. The molecule has 0 radical (unpaired) electrons. The fourth-order valence-corrected chi connectivity index (χ4v) is 2.21. The highest BCUT2D eigenvalue weighted by molar-refractivity contribution is 9.10. The molecule has 0 saturated carbocycles. The first-order valence-electron chi connectivity index (χ1n) is 5.29. The second-order valence-electron chi connectivity index (χ2n) is 3.79. The molecule has 0 aliphatic heterocycles. The molecule has 1 amide bonds. The third kappa shape index (κ3) is 3.19. The van der Waals surface area contributed by atoms with Crippen molar-refractivity contribution in [2.45, 2.75) is 0 Å². The van der Waals surface area contributed by atoms with Gasteiger partial charge in [0, 0.05) is 10.2 Å². The average molecular weight is 342 g/mol. The van der Waals surface area contributed by atoms with E-state index in [0.29, 0.717) is 22.2 Å². The van der Waals surface area contributed by atoms with Gasteiger partial charge in [0.1, 0.15) is 11.5 Å². The first-order valence-corrected chi connectivity index (χ1v) is 6.46. The van der Waals surface area contributed by atoms with E-state index in [9.17, 15) is 4.79 Å². The Kier molecular flexibility index (Phi) is 3.97. The van der Waals surface area contributed by atoms with Gasteiger partial charge < -0.3 is 16.2 Å². The summed E-state index contributed by atoms with van der Waals surface area (Å²) >= 11 is 9.35. The van der Waals surface area contributed by atoms with Crippen molar-refractivity contribution in [2.75, 3.05) is 5.73 Å². The van der Waals surface area contributed by atoms with E-state index in [1.165, 1.54) is 6.07 Å². The van der Waals surface area contributed by atoms with Crippen molar-refractivity contribution in [3.05, 3.63) is 51.5 Å². The maximum Gasteiger partial charge on any atom is 0.250 e. The number of primary amides is 1. The Morgan fingerprint density at radius 3 is 2.58 bits per heavy atom. The number of carbonyl (C=O) groups is 1. The minimum Gasteiger partial charge on any atom is -0.456 e. The molecule has 0 atom stereocenters. The lowest BCUT2D eigenvalue weighted by Crippen LogP contribution is -2.13. The Labute approximate surface area is 123 Å². The third-order valence-electron chi connectivity index (χ3n) is 2.41. The van der Waals surface area contributed by atoms with Crippen LogP contribution in [0.4, 0.5) is 5.69 Å². The van der Waals surface area contributed by atoms with Gasteiger partial charge in [0.15, 0.2) is 0 Å². The maximum atomic E-state index is 11.2. The zero-order chi connectivity index (χ0) is 14.0. The summed E-state index contributed by atoms with van der Waals surface area (Å²) in [6, 6.07) is 9.90. The first kappa shape index (κ1) is 13.7. The average Bonchev–Trinajstić information content (AvgIpc) is 2.34. The standard InChI is InChI=1S/C13H10BrClN2O2/c14-7-1-4-12(10(15)5-7)19-8-2-3-11(16)9(6-8)13(17)18/h1-6H,16H2,(H2,17,18). The second-order valence-corrected chi connectivity index (χ2v) is 5.11. The quantitative estimate of drug-likeness (QED) is 0.838. The van der Waals surface area contributed by atoms with Gasteiger partial charge >= 0.3 is 0 Å². The Bertz CT molecular complexity index is 647. The number of benzene rings is 2. The Hall–Kier alpha value is -1.72. The molecule has 0 aliphatic rings. The van der Waals surface area contributed by atoms with E-state index >= 15 is 0 Å². The molecule has 2 aromatic rings. The molecule has 0 bridgehead atoms. The zero-order valence-corrected chi connectivity index (χ0v) is 12.0. The number of hydrogen-bond donors (Lipinski definition) is 2. The number of nitrogens with two attached hydrogens (primary N) is 2. The van der Waals surface area contributed by atoms with Crippen LogP contribution >= 0.6 is 27.5 Å². The van der Waals surface area contributed by atoms with Crippen LogP contribution in [0.3, 0.4) is 0 Å². The highest BCUT2D eigenvalue weighted by Crippen LogP contribution is 2.32. The summed E-state index contributed by atoms with van der Waals surface area (Å²) in [5.41, 5.74) is 11.4. The molecular weight excluding hydrogens is 332 g/mol. The highest BCUT2D eigenvalue weighted by Gasteiger charge is 2.09. The molecule has 0 spiro atoms. The minimum absolute atomic E-state index is 0.214. The summed E-state index contributed by atoms with van der Waals surface area (Å²) in [6.45, 7) is 0. The number of ether oxygens (including phenoxy) is 1. The van der Waals surface area contributed by atoms with Gasteiger partial charge in [-0.2, -0.15) is 0 Å². The van der Waals surface area contributed by atoms with Crippen molar-refractivity contribution in [1.29, 1.82) is 0 Å². The van der Waals surface area contributed by atoms with Gasteiger partial charge in [0.05, 0.1) is 10.6 Å². The lowest BCUT2D eigenvalue weighted by Gasteiger charge is -2.09. The summed E-state index contributed by atoms with van der Waals surface area (Å²) in [5.74, 6) is 0.308. The summed E-state index contributed by atoms with van der Waals surface area (Å²) in [6.07, 6.45) is 0. The first-order chi connectivity index (χ1) is 8.97. The molecule has 19 heavy (non-hydrogen) atoms. The summed E-state index contributed by atoms with van der Waals surface area (Å²) < 4.78 is 6.44. The monoisotopic (exact) mass is 340 g/mol. The molecule has 0 unspecified atom stereocenters. The number of halogens is 2. The molecule has 0 aliphatic carbocycles. The number of amides is 1. The molecule has 4 nitrogen and oxygen atoms in total. The minimum atomic E-state index is -0.607. The van der Waals surface area contributed by atoms with Crippen LogP contribution in [0.15, 0.2) is 40.9 Å². The molecule has 98 valence electrons. The van der Waals surface area contributed by atoms with Crippen molar-refractivity contribution in [3.63, 3.8) is 0 Å². The summed E-state index contributed by atoms with van der Waals surface area (Å²) in [7, 11) is 0. The van der Waals surface area contributed by atoms with Crippen LogP contribution in [0.2, 0.25) is 5.02 Å². The van der Waals surface area contributed by atoms with Crippen molar-refractivity contribution >= 4 is 39.1 Å². The van der Waals surface area contributed by atoms with E-state index in [1.807, 2.05) is 0 Å². The van der Waals surface area contributed by atoms with Crippen LogP contribution in [0.1, 0.15) is 10.4 Å². The molecule has 4 N–H and O–H groups in total. The number of hydrogen-bond acceptors (Lipinski definition) is 3. The van der Waals surface area contributed by atoms with E-state index < -0.39 is 5.91 Å². The highest BCUT2D eigenvalue weighted by atomic mass is 79.9. The molecule has 0 heterocycles. The van der Waals surface area contributed by atoms with Crippen LogP contribution in [0.5, 0.6) is 11.5 Å². The second kappa shape index (κ2) is 5.50. The van der Waals surface area contributed by atoms with E-state index in [-0.39, 0.29) is 5.56 Å². The Balaban J connectivity index is 2.33. The Morgan fingerprint density at radius 2 is 1.95 bits per heavy atom. The predicted molar refractivity (Wildman–Crippen MR) is 78.6 cm³/mol. The van der Waals surface area contributed by atoms with Crippen LogP contribution < -0.4 is 16.2 Å². The number of rotatable bonds is 3. The number of carbonyl (C=O) groups excluding carboxylic acids is 1. The van der Waals surface area contributed by atoms with Crippen molar-refractivity contribution in [1.82, 2.24) is 0 Å². The molecule has 0 fully saturated rings. The number of nitrogen functional groups attached to an aromatic ring is 1. The van der Waals surface area contributed by atoms with Gasteiger partial charge in [0.2, 0.25) is 0 Å². The van der Waals surface area contributed by atoms with Crippen LogP contribution in [0.25, 0.3) is 0 Å². The lowest BCUT2D eigenvalue weighted by molar-refractivity contribution is 0.100. The topological polar surface area (TPSA) is 78.3 Å². The fraction of sp³-hybridized carbons (Fsp3) is 0. The maximum absolute atomic E-state index is 11.2. The van der Waals surface area contributed by atoms with E-state index in [2.05, 4.69) is 15.9 Å². The van der Waals surface area contributed by atoms with Gasteiger partial charge in [-0.15, -0.1) is 0 Å². The van der Waals surface area contributed by atoms with E-state index in [0.717, 1.165) is 4.47 Å². The summed E-state index contributed by atoms with van der Waals surface area (Å²) in [4.78, 5) is 11.2. The van der Waals surface area contributed by atoms with Gasteiger partial charge in [0.25, 0.3) is 5.91 Å². The molecule has 6 heteroatoms. The van der Waals surface area contributed by atoms with Gasteiger partial charge in [-0.25, -0.2) is 0 Å². The van der Waals surface area contributed by atoms with Crippen molar-refractivity contribution < 1.29 is 9.53 Å². The van der Waals surface area contributed by atoms with E-state index in [4.69, 9.17) is 27.8 Å². The van der Waals surface area contributed by atoms with Gasteiger partial charge in [-0.3, -0.25) is 4.79 Å². The van der Waals surface area contributed by atoms with Crippen molar-refractivity contribution in [2.24, 2.45) is 5.73 Å². The molecular formula is C13H10BrClN2O2. The number of anilines is 1. The molecule has 0 saturated heterocycles. The largest absolute Gasteiger partial charge is 0.456 e. The van der Waals surface area contributed by atoms with Crippen molar-refractivity contribution in [3.8, 4) is 11.5 Å². The van der Waals surface area contributed by atoms with Crippen LogP contribution in [0, 0.1) is 0 Å². The van der Waals surface area contributed by atoms with Gasteiger partial charge in [-0.05, 0) is 36.4 Å². The summed E-state index contributed by atoms with van der Waals surface area (Å²) in [5, 5.41) is 0.451. The van der Waals surface area contributed by atoms with Crippen LogP contribution in [-0.2, 0) is 0 Å². The third-order valence-corrected chi connectivity index (χ3v) is 3.20. The van der Waals surface area contributed by atoms with E-state index in [1.54, 1.807) is 30.3 Å². The van der Waals surface area contributed by atoms with Crippen LogP contribution in [-0.4, -0.2) is 5.91 Å². The Morgan fingerprint density at radius 1 is 1.21 bits per heavy atom. The molecule has 2 rings (SSSR count). The normalized spacial score (nSPS) is 10.2. The zero-order valence-electron chi connectivity index (χ0n) is 9.69. The SMILES string of the molecule is NC(=O)c1cc(Oc2ccc(Br)cc2Cl)ccc1N. The smallest absolute Gasteiger partial charge is 0.250 e. The molecule has 0 aromatic heterocycles. The van der Waals surface area contributed by atoms with Gasteiger partial charge in [-0.1, -0.05) is 27.5 Å².